The molecule has 178 valence electrons. The van der Waals surface area contributed by atoms with Crippen LogP contribution in [0.15, 0.2) is 81.1 Å². The fourth-order valence-corrected chi connectivity index (χ4v) is 4.48. The van der Waals surface area contributed by atoms with Crippen LogP contribution >= 0.6 is 11.6 Å². The van der Waals surface area contributed by atoms with Gasteiger partial charge in [0.15, 0.2) is 16.9 Å². The van der Waals surface area contributed by atoms with E-state index in [1.165, 1.54) is 6.26 Å². The fourth-order valence-electron chi connectivity index (χ4n) is 4.30. The van der Waals surface area contributed by atoms with Crippen molar-refractivity contribution in [1.29, 1.82) is 0 Å². The number of amides is 1. The van der Waals surface area contributed by atoms with Gasteiger partial charge in [0.1, 0.15) is 18.0 Å². The first kappa shape index (κ1) is 22.8. The molecule has 5 rings (SSSR count). The van der Waals surface area contributed by atoms with Gasteiger partial charge in [-0.3, -0.25) is 9.59 Å². The second kappa shape index (κ2) is 9.35. The predicted octanol–water partition coefficient (Wildman–Crippen LogP) is 5.75. The van der Waals surface area contributed by atoms with E-state index in [2.05, 4.69) is 6.58 Å². The van der Waals surface area contributed by atoms with Crippen LogP contribution in [-0.4, -0.2) is 24.0 Å². The van der Waals surface area contributed by atoms with E-state index in [1.54, 1.807) is 53.4 Å². The van der Waals surface area contributed by atoms with E-state index in [0.29, 0.717) is 52.0 Å². The van der Waals surface area contributed by atoms with E-state index in [0.717, 1.165) is 0 Å². The highest BCUT2D eigenvalue weighted by Crippen LogP contribution is 2.42. The average Bonchev–Trinajstić information content (AvgIpc) is 3.46. The molecule has 7 nitrogen and oxygen atoms in total. The number of fused-ring (bicyclic) bond motifs is 2. The van der Waals surface area contributed by atoms with Crippen LogP contribution in [0.25, 0.3) is 11.0 Å². The monoisotopic (exact) mass is 491 g/mol. The molecule has 1 aliphatic rings. The van der Waals surface area contributed by atoms with Crippen molar-refractivity contribution in [3.05, 3.63) is 105 Å². The van der Waals surface area contributed by atoms with Gasteiger partial charge in [-0.05, 0) is 55.0 Å². The zero-order valence-corrected chi connectivity index (χ0v) is 19.7. The highest BCUT2D eigenvalue weighted by atomic mass is 35.5. The van der Waals surface area contributed by atoms with Crippen LogP contribution in [0.1, 0.15) is 40.4 Å². The quantitative estimate of drug-likeness (QED) is 0.292. The van der Waals surface area contributed by atoms with E-state index in [4.69, 9.17) is 29.9 Å². The zero-order chi connectivity index (χ0) is 24.5. The number of hydrogen-bond donors (Lipinski definition) is 0. The third-order valence-corrected chi connectivity index (χ3v) is 6.01. The highest BCUT2D eigenvalue weighted by Gasteiger charge is 2.43. The molecular formula is C27H22ClNO6. The van der Waals surface area contributed by atoms with Gasteiger partial charge in [0.25, 0.3) is 5.91 Å². The molecule has 8 heteroatoms. The van der Waals surface area contributed by atoms with Crippen LogP contribution in [0.3, 0.4) is 0 Å². The maximum absolute atomic E-state index is 13.7. The summed E-state index contributed by atoms with van der Waals surface area (Å²) in [5.74, 6) is 1.22. The lowest BCUT2D eigenvalue weighted by molar-refractivity contribution is 0.0701. The summed E-state index contributed by atoms with van der Waals surface area (Å²) < 4.78 is 23.0. The van der Waals surface area contributed by atoms with Crippen molar-refractivity contribution in [1.82, 2.24) is 4.90 Å². The Kier molecular flexibility index (Phi) is 6.09. The Morgan fingerprint density at radius 2 is 1.97 bits per heavy atom. The summed E-state index contributed by atoms with van der Waals surface area (Å²) >= 11 is 6.15. The molecule has 0 radical (unpaired) electrons. The first-order chi connectivity index (χ1) is 17.0. The van der Waals surface area contributed by atoms with Gasteiger partial charge in [0.2, 0.25) is 5.76 Å². The summed E-state index contributed by atoms with van der Waals surface area (Å²) in [4.78, 5) is 28.8. The fraction of sp³-hybridized carbons (Fsp3) is 0.185. The highest BCUT2D eigenvalue weighted by molar-refractivity contribution is 6.31. The van der Waals surface area contributed by atoms with E-state index in [1.807, 2.05) is 13.0 Å². The molecule has 0 fully saturated rings. The van der Waals surface area contributed by atoms with Gasteiger partial charge in [0, 0.05) is 5.02 Å². The van der Waals surface area contributed by atoms with Crippen molar-refractivity contribution in [2.45, 2.75) is 19.5 Å². The number of nitrogens with zero attached hydrogens (tertiary/aromatic N) is 1. The maximum atomic E-state index is 13.7. The van der Waals surface area contributed by atoms with Gasteiger partial charge >= 0.3 is 0 Å². The van der Waals surface area contributed by atoms with Crippen LogP contribution in [0.4, 0.5) is 0 Å². The lowest BCUT2D eigenvalue weighted by Gasteiger charge is -2.25. The normalized spacial score (nSPS) is 14.9. The second-order valence-corrected chi connectivity index (χ2v) is 8.40. The van der Waals surface area contributed by atoms with Gasteiger partial charge in [-0.1, -0.05) is 30.3 Å². The molecule has 2 aromatic heterocycles. The van der Waals surface area contributed by atoms with Crippen molar-refractivity contribution in [3.8, 4) is 11.5 Å². The van der Waals surface area contributed by atoms with E-state index in [9.17, 15) is 9.59 Å². The Hall–Kier alpha value is -3.97. The number of ether oxygens (including phenoxy) is 2. The van der Waals surface area contributed by atoms with Crippen molar-refractivity contribution in [3.63, 3.8) is 0 Å². The standard InChI is InChI=1S/C27H22ClNO6/c1-3-11-34-21-9-7-16(13-22(21)32-4-2)24-23-25(30)19-14-17(28)8-10-20(19)35-26(23)27(31)29(24)15-18-6-5-12-33-18/h3,5-10,12-14,24H,1,4,11,15H2,2H3. The molecule has 0 spiro atoms. The first-order valence-electron chi connectivity index (χ1n) is 11.1. The van der Waals surface area contributed by atoms with Crippen molar-refractivity contribution in [2.24, 2.45) is 0 Å². The lowest BCUT2D eigenvalue weighted by atomic mass is 9.98. The molecule has 1 atom stereocenters. The topological polar surface area (TPSA) is 82.1 Å². The molecule has 3 heterocycles. The average molecular weight is 492 g/mol. The molecule has 1 amide bonds. The maximum Gasteiger partial charge on any atom is 0.291 e. The van der Waals surface area contributed by atoms with Crippen LogP contribution in [0.2, 0.25) is 5.02 Å². The van der Waals surface area contributed by atoms with Gasteiger partial charge in [0.05, 0.1) is 36.4 Å². The number of carbonyl (C=O) groups excluding carboxylic acids is 1. The Balaban J connectivity index is 1.70. The summed E-state index contributed by atoms with van der Waals surface area (Å²) in [5, 5.41) is 0.713. The van der Waals surface area contributed by atoms with Gasteiger partial charge < -0.3 is 23.2 Å². The number of furan rings is 1. The van der Waals surface area contributed by atoms with E-state index in [-0.39, 0.29) is 23.3 Å². The number of carbonyl (C=O) groups is 1. The summed E-state index contributed by atoms with van der Waals surface area (Å²) in [5.41, 5.74) is 0.910. The summed E-state index contributed by atoms with van der Waals surface area (Å²) in [6, 6.07) is 12.9. The Labute approximate surface area is 206 Å². The van der Waals surface area contributed by atoms with Crippen molar-refractivity contribution in [2.75, 3.05) is 13.2 Å². The molecule has 1 aliphatic heterocycles. The minimum absolute atomic E-state index is 0.00585. The number of benzene rings is 2. The van der Waals surface area contributed by atoms with Crippen molar-refractivity contribution >= 4 is 28.5 Å². The molecule has 0 bridgehead atoms. The molecule has 0 saturated carbocycles. The van der Waals surface area contributed by atoms with Crippen LogP contribution in [-0.2, 0) is 6.54 Å². The van der Waals surface area contributed by atoms with Crippen LogP contribution in [0, 0.1) is 0 Å². The molecule has 2 aromatic carbocycles. The largest absolute Gasteiger partial charge is 0.490 e. The van der Waals surface area contributed by atoms with Gasteiger partial charge in [-0.2, -0.15) is 0 Å². The molecule has 4 aromatic rings. The molecule has 1 unspecified atom stereocenters. The molecule has 0 aliphatic carbocycles. The van der Waals surface area contributed by atoms with Crippen LogP contribution < -0.4 is 14.9 Å². The SMILES string of the molecule is C=CCOc1ccc(C2c3c(oc4ccc(Cl)cc4c3=O)C(=O)N2Cc2ccco2)cc1OCC. The Morgan fingerprint density at radius 1 is 1.11 bits per heavy atom. The minimum atomic E-state index is -0.727. The Bertz CT molecular complexity index is 1470. The van der Waals surface area contributed by atoms with E-state index < -0.39 is 11.9 Å². The minimum Gasteiger partial charge on any atom is -0.490 e. The number of hydrogen-bond acceptors (Lipinski definition) is 6. The number of halogens is 1. The third kappa shape index (κ3) is 4.08. The molecule has 35 heavy (non-hydrogen) atoms. The van der Waals surface area contributed by atoms with Gasteiger partial charge in [-0.15, -0.1) is 0 Å². The predicted molar refractivity (Wildman–Crippen MR) is 131 cm³/mol. The van der Waals surface area contributed by atoms with Crippen molar-refractivity contribution < 1.29 is 23.1 Å². The second-order valence-electron chi connectivity index (χ2n) is 7.97. The first-order valence-corrected chi connectivity index (χ1v) is 11.5. The summed E-state index contributed by atoms with van der Waals surface area (Å²) in [6.45, 7) is 6.42. The Morgan fingerprint density at radius 3 is 2.71 bits per heavy atom. The summed E-state index contributed by atoms with van der Waals surface area (Å²) in [6.07, 6.45) is 3.18. The summed E-state index contributed by atoms with van der Waals surface area (Å²) in [7, 11) is 0. The third-order valence-electron chi connectivity index (χ3n) is 5.77. The molecule has 0 N–H and O–H groups in total. The molecular weight excluding hydrogens is 470 g/mol. The zero-order valence-electron chi connectivity index (χ0n) is 19.0. The molecule has 0 saturated heterocycles. The lowest BCUT2D eigenvalue weighted by Crippen LogP contribution is -2.29. The smallest absolute Gasteiger partial charge is 0.291 e. The number of rotatable bonds is 8. The van der Waals surface area contributed by atoms with Gasteiger partial charge in [-0.25, -0.2) is 0 Å². The van der Waals surface area contributed by atoms with Crippen LogP contribution in [0.5, 0.6) is 11.5 Å². The van der Waals surface area contributed by atoms with E-state index >= 15 is 0 Å².